The van der Waals surface area contributed by atoms with E-state index in [0.717, 1.165) is 66.9 Å². The molecule has 0 radical (unpaired) electrons. The van der Waals surface area contributed by atoms with Crippen LogP contribution < -0.4 is 0 Å². The summed E-state index contributed by atoms with van der Waals surface area (Å²) in [6.45, 7) is 6.98. The minimum Gasteiger partial charge on any atom is -0.354 e. The van der Waals surface area contributed by atoms with Crippen LogP contribution in [0.5, 0.6) is 0 Å². The van der Waals surface area contributed by atoms with E-state index < -0.39 is 0 Å². The number of aromatic amines is 2. The number of H-pyrrole nitrogens is 2. The molecule has 0 unspecified atom stereocenters. The second kappa shape index (κ2) is 8.42. The van der Waals surface area contributed by atoms with E-state index in [0.29, 0.717) is 12.4 Å². The molecule has 0 fully saturated rings. The zero-order valence-corrected chi connectivity index (χ0v) is 21.2. The van der Waals surface area contributed by atoms with E-state index in [1.165, 1.54) is 5.56 Å². The van der Waals surface area contributed by atoms with Crippen molar-refractivity contribution >= 4 is 38.0 Å². The molecule has 6 aromatic rings. The van der Waals surface area contributed by atoms with Gasteiger partial charge in [-0.05, 0) is 69.5 Å². The maximum absolute atomic E-state index is 4.89. The molecule has 2 aromatic carbocycles. The van der Waals surface area contributed by atoms with E-state index in [1.54, 1.807) is 0 Å². The Morgan fingerprint density at radius 2 is 1.83 bits per heavy atom. The lowest BCUT2D eigenvalue weighted by Crippen LogP contribution is -2.05. The van der Waals surface area contributed by atoms with Crippen LogP contribution in [0.3, 0.4) is 0 Å². The number of benzene rings is 2. The van der Waals surface area contributed by atoms with E-state index in [9.17, 15) is 0 Å². The van der Waals surface area contributed by atoms with Gasteiger partial charge in [-0.15, -0.1) is 5.10 Å². The van der Waals surface area contributed by atoms with Crippen LogP contribution in [0, 0.1) is 13.8 Å². The lowest BCUT2D eigenvalue weighted by atomic mass is 10.0. The zero-order valence-electron chi connectivity index (χ0n) is 19.6. The lowest BCUT2D eigenvalue weighted by Gasteiger charge is -2.09. The molecule has 35 heavy (non-hydrogen) atoms. The molecule has 0 aliphatic heterocycles. The third-order valence-corrected chi connectivity index (χ3v) is 7.18. The summed E-state index contributed by atoms with van der Waals surface area (Å²) in [5, 5.41) is 15.6. The van der Waals surface area contributed by atoms with Crippen molar-refractivity contribution in [2.24, 2.45) is 0 Å². The summed E-state index contributed by atoms with van der Waals surface area (Å²) < 4.78 is 3.25. The molecule has 0 amide bonds. The number of imidazole rings is 1. The van der Waals surface area contributed by atoms with Crippen molar-refractivity contribution in [3.05, 3.63) is 75.6 Å². The fourth-order valence-electron chi connectivity index (χ4n) is 4.74. The summed E-state index contributed by atoms with van der Waals surface area (Å²) in [4.78, 5) is 13.3. The first-order valence-electron chi connectivity index (χ1n) is 11.5. The third kappa shape index (κ3) is 3.63. The Hall–Kier alpha value is -3.85. The van der Waals surface area contributed by atoms with Crippen LogP contribution in [0.2, 0.25) is 0 Å². The monoisotopic (exact) mass is 526 g/mol. The molecule has 4 heterocycles. The van der Waals surface area contributed by atoms with Crippen molar-refractivity contribution in [2.45, 2.75) is 33.7 Å². The number of pyridine rings is 1. The lowest BCUT2D eigenvalue weighted by molar-refractivity contribution is 0.746. The second-order valence-corrected chi connectivity index (χ2v) is 9.50. The van der Waals surface area contributed by atoms with Gasteiger partial charge in [-0.3, -0.25) is 0 Å². The van der Waals surface area contributed by atoms with Crippen LogP contribution in [-0.4, -0.2) is 40.1 Å². The van der Waals surface area contributed by atoms with Crippen LogP contribution in [-0.2, 0) is 13.0 Å². The highest BCUT2D eigenvalue weighted by Crippen LogP contribution is 2.39. The molecule has 174 valence electrons. The molecule has 0 aliphatic rings. The number of aryl methyl sites for hydroxylation is 3. The SMILES string of the molecule is CCc1nc2c(C)cc(C)nc2n1Cc1ccc2[nH]c(-c3ccccc3-c3nnn[nH]3)c(Br)c2c1. The van der Waals surface area contributed by atoms with Crippen molar-refractivity contribution in [1.29, 1.82) is 0 Å². The molecule has 0 bridgehead atoms. The number of nitrogens with one attached hydrogen (secondary N) is 2. The number of fused-ring (bicyclic) bond motifs is 2. The Balaban J connectivity index is 1.45. The predicted molar refractivity (Wildman–Crippen MR) is 140 cm³/mol. The maximum Gasteiger partial charge on any atom is 0.180 e. The fourth-order valence-corrected chi connectivity index (χ4v) is 5.38. The Kier molecular flexibility index (Phi) is 5.21. The summed E-state index contributed by atoms with van der Waals surface area (Å²) in [7, 11) is 0. The number of aromatic nitrogens is 8. The number of hydrogen-bond acceptors (Lipinski definition) is 5. The van der Waals surface area contributed by atoms with Gasteiger partial charge in [-0.1, -0.05) is 37.3 Å². The van der Waals surface area contributed by atoms with Crippen LogP contribution in [0.4, 0.5) is 0 Å². The zero-order chi connectivity index (χ0) is 24.1. The summed E-state index contributed by atoms with van der Waals surface area (Å²) in [5.74, 6) is 1.67. The molecule has 0 aliphatic carbocycles. The van der Waals surface area contributed by atoms with Gasteiger partial charge >= 0.3 is 0 Å². The molecule has 8 nitrogen and oxygen atoms in total. The molecular formula is C26H23BrN8. The normalized spacial score (nSPS) is 11.7. The summed E-state index contributed by atoms with van der Waals surface area (Å²) in [5.41, 5.74) is 9.27. The van der Waals surface area contributed by atoms with E-state index >= 15 is 0 Å². The fraction of sp³-hybridized carbons (Fsp3) is 0.192. The standard InChI is InChI=1S/C26H23BrN8/c1-4-21-30-23-14(2)11-15(3)28-26(23)35(21)13-16-9-10-20-19(12-16)22(27)24(29-20)17-7-5-6-8-18(17)25-31-33-34-32-25/h5-12,29H,4,13H2,1-3H3,(H,31,32,33,34). The first-order valence-corrected chi connectivity index (χ1v) is 12.3. The van der Waals surface area contributed by atoms with Crippen molar-refractivity contribution in [1.82, 2.24) is 40.1 Å². The number of tetrazole rings is 1. The van der Waals surface area contributed by atoms with Gasteiger partial charge in [-0.2, -0.15) is 0 Å². The van der Waals surface area contributed by atoms with Gasteiger partial charge in [0, 0.05) is 34.1 Å². The molecule has 0 saturated carbocycles. The number of rotatable bonds is 5. The highest BCUT2D eigenvalue weighted by atomic mass is 79.9. The number of hydrogen-bond donors (Lipinski definition) is 2. The number of halogens is 1. The van der Waals surface area contributed by atoms with Crippen LogP contribution in [0.1, 0.15) is 29.6 Å². The highest BCUT2D eigenvalue weighted by Gasteiger charge is 2.18. The van der Waals surface area contributed by atoms with Crippen molar-refractivity contribution in [2.75, 3.05) is 0 Å². The van der Waals surface area contributed by atoms with Crippen LogP contribution in [0.25, 0.3) is 44.7 Å². The Morgan fingerprint density at radius 1 is 1.00 bits per heavy atom. The minimum atomic E-state index is 0.629. The summed E-state index contributed by atoms with van der Waals surface area (Å²) in [6, 6.07) is 16.7. The van der Waals surface area contributed by atoms with E-state index in [-0.39, 0.29) is 0 Å². The first-order chi connectivity index (χ1) is 17.0. The Labute approximate surface area is 209 Å². The maximum atomic E-state index is 4.89. The Morgan fingerprint density at radius 3 is 2.60 bits per heavy atom. The third-order valence-electron chi connectivity index (χ3n) is 6.35. The molecule has 4 aromatic heterocycles. The van der Waals surface area contributed by atoms with Crippen molar-refractivity contribution in [3.63, 3.8) is 0 Å². The van der Waals surface area contributed by atoms with E-state index in [4.69, 9.17) is 9.97 Å². The second-order valence-electron chi connectivity index (χ2n) is 8.71. The molecule has 0 spiro atoms. The molecule has 2 N–H and O–H groups in total. The average molecular weight is 527 g/mol. The highest BCUT2D eigenvalue weighted by molar-refractivity contribution is 9.10. The van der Waals surface area contributed by atoms with Gasteiger partial charge < -0.3 is 9.55 Å². The van der Waals surface area contributed by atoms with Gasteiger partial charge in [0.15, 0.2) is 11.5 Å². The van der Waals surface area contributed by atoms with Crippen LogP contribution in [0.15, 0.2) is 53.0 Å². The smallest absolute Gasteiger partial charge is 0.180 e. The molecular weight excluding hydrogens is 504 g/mol. The Bertz CT molecular complexity index is 1690. The summed E-state index contributed by atoms with van der Waals surface area (Å²) >= 11 is 3.86. The molecule has 0 atom stereocenters. The van der Waals surface area contributed by atoms with E-state index in [2.05, 4.69) is 90.3 Å². The average Bonchev–Trinajstić information content (AvgIpc) is 3.58. The quantitative estimate of drug-likeness (QED) is 0.297. The van der Waals surface area contributed by atoms with Crippen molar-refractivity contribution < 1.29 is 0 Å². The largest absolute Gasteiger partial charge is 0.354 e. The van der Waals surface area contributed by atoms with E-state index in [1.807, 2.05) is 25.1 Å². The first kappa shape index (κ1) is 21.7. The number of nitrogens with zero attached hydrogens (tertiary/aromatic N) is 6. The predicted octanol–water partition coefficient (Wildman–Crippen LogP) is 5.75. The van der Waals surface area contributed by atoms with Gasteiger partial charge in [0.2, 0.25) is 0 Å². The molecule has 9 heteroatoms. The summed E-state index contributed by atoms with van der Waals surface area (Å²) in [6.07, 6.45) is 0.850. The van der Waals surface area contributed by atoms with Gasteiger partial charge in [0.25, 0.3) is 0 Å². The minimum absolute atomic E-state index is 0.629. The van der Waals surface area contributed by atoms with Gasteiger partial charge in [0.05, 0.1) is 16.7 Å². The van der Waals surface area contributed by atoms with Gasteiger partial charge in [-0.25, -0.2) is 15.1 Å². The van der Waals surface area contributed by atoms with Gasteiger partial charge in [0.1, 0.15) is 11.3 Å². The van der Waals surface area contributed by atoms with Crippen molar-refractivity contribution in [3.8, 4) is 22.6 Å². The topological polar surface area (TPSA) is 101 Å². The molecule has 6 rings (SSSR count). The molecule has 0 saturated heterocycles. The van der Waals surface area contributed by atoms with Crippen LogP contribution >= 0.6 is 15.9 Å².